The predicted octanol–water partition coefficient (Wildman–Crippen LogP) is 1.96. The molecule has 1 aromatic rings. The lowest BCUT2D eigenvalue weighted by atomic mass is 9.82. The summed E-state index contributed by atoms with van der Waals surface area (Å²) < 4.78 is 11.1. The Bertz CT molecular complexity index is 467. The number of benzene rings is 1. The summed E-state index contributed by atoms with van der Waals surface area (Å²) in [5.74, 6) is 0.373. The molecule has 4 nitrogen and oxygen atoms in total. The first kappa shape index (κ1) is 10.4. The van der Waals surface area contributed by atoms with Crippen LogP contribution in [0.4, 0.5) is 0 Å². The molecule has 0 saturated carbocycles. The van der Waals surface area contributed by atoms with Gasteiger partial charge in [-0.2, -0.15) is 0 Å². The maximum Gasteiger partial charge on any atom is 0.310 e. The Kier molecular flexibility index (Phi) is 2.42. The van der Waals surface area contributed by atoms with Gasteiger partial charge in [0, 0.05) is 5.56 Å². The van der Waals surface area contributed by atoms with Crippen molar-refractivity contribution in [3.63, 3.8) is 0 Å². The van der Waals surface area contributed by atoms with E-state index in [0.717, 1.165) is 35.5 Å². The topological polar surface area (TPSA) is 55.8 Å². The molecule has 17 heavy (non-hydrogen) atoms. The van der Waals surface area contributed by atoms with Crippen LogP contribution in [-0.2, 0) is 11.2 Å². The van der Waals surface area contributed by atoms with Crippen molar-refractivity contribution in [2.75, 3.05) is 13.2 Å². The highest BCUT2D eigenvalue weighted by Crippen LogP contribution is 2.43. The number of carboxylic acid groups (broad SMARTS) is 1. The van der Waals surface area contributed by atoms with Crippen LogP contribution in [-0.4, -0.2) is 24.3 Å². The lowest BCUT2D eigenvalue weighted by Crippen LogP contribution is -2.22. The summed E-state index contributed by atoms with van der Waals surface area (Å²) >= 11 is 0. The molecule has 0 spiro atoms. The fraction of sp³-hybridized carbons (Fsp3) is 0.462. The Morgan fingerprint density at radius 3 is 2.94 bits per heavy atom. The molecule has 1 aromatic carbocycles. The molecule has 3 rings (SSSR count). The summed E-state index contributed by atoms with van der Waals surface area (Å²) in [4.78, 5) is 11.2. The van der Waals surface area contributed by atoms with Gasteiger partial charge in [-0.1, -0.05) is 6.07 Å². The predicted molar refractivity (Wildman–Crippen MR) is 60.7 cm³/mol. The lowest BCUT2D eigenvalue weighted by Gasteiger charge is -2.28. The number of ether oxygens (including phenoxy) is 2. The van der Waals surface area contributed by atoms with Crippen LogP contribution in [0.3, 0.4) is 0 Å². The van der Waals surface area contributed by atoms with Crippen molar-refractivity contribution in [3.05, 3.63) is 23.3 Å². The van der Waals surface area contributed by atoms with Gasteiger partial charge in [0.2, 0.25) is 0 Å². The van der Waals surface area contributed by atoms with Crippen molar-refractivity contribution in [1.82, 2.24) is 0 Å². The van der Waals surface area contributed by atoms with Gasteiger partial charge in [-0.25, -0.2) is 0 Å². The summed E-state index contributed by atoms with van der Waals surface area (Å²) in [5.41, 5.74) is 1.92. The van der Waals surface area contributed by atoms with Crippen molar-refractivity contribution in [2.45, 2.75) is 25.2 Å². The standard InChI is InChI=1S/C13H14O4/c14-13(15)10-3-1-2-9-8(10)4-5-11-12(9)17-7-6-16-11/h4-5,10H,1-3,6-7H2,(H,14,15). The van der Waals surface area contributed by atoms with Crippen LogP contribution in [0.25, 0.3) is 0 Å². The number of hydrogen-bond donors (Lipinski definition) is 1. The molecular weight excluding hydrogens is 220 g/mol. The Labute approximate surface area is 99.2 Å². The molecule has 1 aliphatic heterocycles. The molecule has 0 fully saturated rings. The maximum atomic E-state index is 11.2. The number of hydrogen-bond acceptors (Lipinski definition) is 3. The van der Waals surface area contributed by atoms with E-state index < -0.39 is 11.9 Å². The quantitative estimate of drug-likeness (QED) is 0.807. The van der Waals surface area contributed by atoms with E-state index in [2.05, 4.69) is 0 Å². The Morgan fingerprint density at radius 1 is 1.29 bits per heavy atom. The summed E-state index contributed by atoms with van der Waals surface area (Å²) in [6.07, 6.45) is 2.48. The van der Waals surface area contributed by atoms with E-state index in [1.807, 2.05) is 12.1 Å². The normalized spacial score (nSPS) is 21.8. The first-order chi connectivity index (χ1) is 8.27. The second kappa shape index (κ2) is 3.95. The largest absolute Gasteiger partial charge is 0.486 e. The molecule has 90 valence electrons. The van der Waals surface area contributed by atoms with E-state index in [1.165, 1.54) is 0 Å². The van der Waals surface area contributed by atoms with E-state index in [-0.39, 0.29) is 0 Å². The highest BCUT2D eigenvalue weighted by molar-refractivity contribution is 5.78. The van der Waals surface area contributed by atoms with Gasteiger partial charge in [0.15, 0.2) is 11.5 Å². The Hall–Kier alpha value is -1.71. The van der Waals surface area contributed by atoms with Gasteiger partial charge in [-0.15, -0.1) is 0 Å². The number of fused-ring (bicyclic) bond motifs is 3. The Morgan fingerprint density at radius 2 is 2.12 bits per heavy atom. The lowest BCUT2D eigenvalue weighted by molar-refractivity contribution is -0.139. The molecule has 1 heterocycles. The minimum absolute atomic E-state index is 0.394. The molecule has 1 N–H and O–H groups in total. The first-order valence-corrected chi connectivity index (χ1v) is 5.91. The third-order valence-electron chi connectivity index (χ3n) is 3.44. The molecule has 0 amide bonds. The molecule has 0 aromatic heterocycles. The SMILES string of the molecule is O=C(O)C1CCCc2c1ccc1c2OCCO1. The number of aliphatic carboxylic acids is 1. The van der Waals surface area contributed by atoms with Crippen LogP contribution in [0.5, 0.6) is 11.5 Å². The third-order valence-corrected chi connectivity index (χ3v) is 3.44. The van der Waals surface area contributed by atoms with Gasteiger partial charge in [-0.3, -0.25) is 4.79 Å². The highest BCUT2D eigenvalue weighted by Gasteiger charge is 2.30. The smallest absolute Gasteiger partial charge is 0.310 e. The van der Waals surface area contributed by atoms with Gasteiger partial charge in [0.1, 0.15) is 13.2 Å². The zero-order valence-corrected chi connectivity index (χ0v) is 9.44. The van der Waals surface area contributed by atoms with Gasteiger partial charge in [0.05, 0.1) is 5.92 Å². The second-order valence-electron chi connectivity index (χ2n) is 4.44. The zero-order chi connectivity index (χ0) is 11.8. The average molecular weight is 234 g/mol. The molecule has 0 saturated heterocycles. The van der Waals surface area contributed by atoms with E-state index in [1.54, 1.807) is 0 Å². The van der Waals surface area contributed by atoms with Crippen molar-refractivity contribution in [2.24, 2.45) is 0 Å². The number of carbonyl (C=O) groups is 1. The van der Waals surface area contributed by atoms with Crippen molar-refractivity contribution >= 4 is 5.97 Å². The van der Waals surface area contributed by atoms with Crippen molar-refractivity contribution < 1.29 is 19.4 Å². The summed E-state index contributed by atoms with van der Waals surface area (Å²) in [7, 11) is 0. The fourth-order valence-electron chi connectivity index (χ4n) is 2.67. The van der Waals surface area contributed by atoms with Crippen LogP contribution in [0, 0.1) is 0 Å². The van der Waals surface area contributed by atoms with E-state index in [0.29, 0.717) is 19.6 Å². The molecule has 2 aliphatic rings. The molecule has 1 aliphatic carbocycles. The summed E-state index contributed by atoms with van der Waals surface area (Å²) in [6, 6.07) is 3.70. The molecule has 1 unspecified atom stereocenters. The minimum Gasteiger partial charge on any atom is -0.486 e. The molecule has 0 bridgehead atoms. The monoisotopic (exact) mass is 234 g/mol. The van der Waals surface area contributed by atoms with Crippen LogP contribution in [0.2, 0.25) is 0 Å². The molecule has 0 radical (unpaired) electrons. The number of rotatable bonds is 1. The zero-order valence-electron chi connectivity index (χ0n) is 9.44. The minimum atomic E-state index is -0.748. The van der Waals surface area contributed by atoms with Gasteiger partial charge in [-0.05, 0) is 30.9 Å². The van der Waals surface area contributed by atoms with E-state index in [4.69, 9.17) is 9.47 Å². The third kappa shape index (κ3) is 1.64. The highest BCUT2D eigenvalue weighted by atomic mass is 16.6. The summed E-state index contributed by atoms with van der Waals surface area (Å²) in [5, 5.41) is 9.22. The molecule has 1 atom stereocenters. The molecule has 4 heteroatoms. The average Bonchev–Trinajstić information content (AvgIpc) is 2.37. The fourth-order valence-corrected chi connectivity index (χ4v) is 2.67. The maximum absolute atomic E-state index is 11.2. The van der Waals surface area contributed by atoms with E-state index in [9.17, 15) is 9.90 Å². The van der Waals surface area contributed by atoms with Crippen LogP contribution >= 0.6 is 0 Å². The van der Waals surface area contributed by atoms with E-state index >= 15 is 0 Å². The molecular formula is C13H14O4. The van der Waals surface area contributed by atoms with Gasteiger partial charge < -0.3 is 14.6 Å². The van der Waals surface area contributed by atoms with Crippen LogP contribution < -0.4 is 9.47 Å². The van der Waals surface area contributed by atoms with Crippen LogP contribution in [0.1, 0.15) is 29.9 Å². The van der Waals surface area contributed by atoms with Crippen LogP contribution in [0.15, 0.2) is 12.1 Å². The summed E-state index contributed by atoms with van der Waals surface area (Å²) in [6.45, 7) is 1.11. The van der Waals surface area contributed by atoms with Crippen molar-refractivity contribution in [1.29, 1.82) is 0 Å². The first-order valence-electron chi connectivity index (χ1n) is 5.91. The van der Waals surface area contributed by atoms with Crippen molar-refractivity contribution in [3.8, 4) is 11.5 Å². The second-order valence-corrected chi connectivity index (χ2v) is 4.44. The number of carboxylic acids is 1. The van der Waals surface area contributed by atoms with Gasteiger partial charge >= 0.3 is 5.97 Å². The Balaban J connectivity index is 2.11. The van der Waals surface area contributed by atoms with Gasteiger partial charge in [0.25, 0.3) is 0 Å².